The zero-order chi connectivity index (χ0) is 16.2. The summed E-state index contributed by atoms with van der Waals surface area (Å²) in [6.45, 7) is 7.60. The van der Waals surface area contributed by atoms with Gasteiger partial charge in [0.2, 0.25) is 0 Å². The van der Waals surface area contributed by atoms with Crippen molar-refractivity contribution < 1.29 is 17.9 Å². The van der Waals surface area contributed by atoms with Crippen molar-refractivity contribution in [2.75, 3.05) is 7.11 Å². The Kier molecular flexibility index (Phi) is 5.57. The predicted molar refractivity (Wildman–Crippen MR) is 74.6 cm³/mol. The van der Waals surface area contributed by atoms with Gasteiger partial charge in [0.05, 0.1) is 18.4 Å². The molecule has 0 aliphatic rings. The zero-order valence-corrected chi connectivity index (χ0v) is 12.8. The van der Waals surface area contributed by atoms with Crippen LogP contribution < -0.4 is 4.74 Å². The topological polar surface area (TPSA) is 37.2 Å². The molecule has 0 aliphatic carbocycles. The van der Waals surface area contributed by atoms with E-state index in [9.17, 15) is 13.2 Å². The van der Waals surface area contributed by atoms with E-state index in [0.29, 0.717) is 0 Å². The maximum atomic E-state index is 13.0. The lowest BCUT2D eigenvalue weighted by molar-refractivity contribution is -0.137. The molecule has 0 amide bonds. The molecule has 1 aromatic rings. The molecule has 0 N–H and O–H groups in total. The largest absolute Gasteiger partial charge is 0.497 e. The molecule has 21 heavy (non-hydrogen) atoms. The summed E-state index contributed by atoms with van der Waals surface area (Å²) in [6.07, 6.45) is -4.51. The molecule has 0 saturated carbocycles. The van der Waals surface area contributed by atoms with Gasteiger partial charge < -0.3 is 4.74 Å². The van der Waals surface area contributed by atoms with Crippen LogP contribution in [0.4, 0.5) is 18.9 Å². The fourth-order valence-electron chi connectivity index (χ4n) is 1.86. The minimum absolute atomic E-state index is 0.0429. The second-order valence-electron chi connectivity index (χ2n) is 5.14. The molecule has 1 aromatic carbocycles. The first-order valence-corrected chi connectivity index (χ1v) is 6.62. The SMILES string of the molecule is COc1ccc(N=NN(C(C)C)C(C)C)c(C(F)(F)F)c1. The van der Waals surface area contributed by atoms with Gasteiger partial charge in [-0.15, -0.1) is 5.11 Å². The zero-order valence-electron chi connectivity index (χ0n) is 12.8. The highest BCUT2D eigenvalue weighted by Gasteiger charge is 2.34. The first-order chi connectivity index (χ1) is 9.66. The van der Waals surface area contributed by atoms with Crippen molar-refractivity contribution in [2.45, 2.75) is 46.0 Å². The van der Waals surface area contributed by atoms with E-state index in [1.165, 1.54) is 19.2 Å². The van der Waals surface area contributed by atoms with Gasteiger partial charge in [-0.25, -0.2) is 0 Å². The van der Waals surface area contributed by atoms with Gasteiger partial charge in [0.1, 0.15) is 5.75 Å². The number of ether oxygens (including phenoxy) is 1. The normalized spacial score (nSPS) is 12.5. The van der Waals surface area contributed by atoms with Gasteiger partial charge in [-0.05, 0) is 45.9 Å². The lowest BCUT2D eigenvalue weighted by atomic mass is 10.1. The monoisotopic (exact) mass is 303 g/mol. The molecule has 7 heteroatoms. The van der Waals surface area contributed by atoms with Crippen LogP contribution in [-0.2, 0) is 6.18 Å². The Hall–Kier alpha value is -1.79. The molecule has 0 aliphatic heterocycles. The molecule has 0 radical (unpaired) electrons. The van der Waals surface area contributed by atoms with Gasteiger partial charge in [0.25, 0.3) is 0 Å². The van der Waals surface area contributed by atoms with Gasteiger partial charge in [-0.2, -0.15) is 13.2 Å². The van der Waals surface area contributed by atoms with Crippen molar-refractivity contribution in [3.8, 4) is 5.75 Å². The Morgan fingerprint density at radius 1 is 1.10 bits per heavy atom. The highest BCUT2D eigenvalue weighted by molar-refractivity contribution is 5.51. The van der Waals surface area contributed by atoms with Crippen molar-refractivity contribution in [3.05, 3.63) is 23.8 Å². The Morgan fingerprint density at radius 3 is 2.10 bits per heavy atom. The average molecular weight is 303 g/mol. The molecule has 0 atom stereocenters. The Labute approximate surface area is 122 Å². The van der Waals surface area contributed by atoms with Crippen LogP contribution in [0.1, 0.15) is 33.3 Å². The minimum Gasteiger partial charge on any atom is -0.497 e. The van der Waals surface area contributed by atoms with Crippen molar-refractivity contribution in [1.29, 1.82) is 0 Å². The van der Waals surface area contributed by atoms with E-state index in [1.54, 1.807) is 5.01 Å². The highest BCUT2D eigenvalue weighted by atomic mass is 19.4. The Balaban J connectivity index is 3.18. The molecule has 0 aromatic heterocycles. The number of hydrogen-bond acceptors (Lipinski definition) is 3. The van der Waals surface area contributed by atoms with Gasteiger partial charge in [0.15, 0.2) is 0 Å². The molecule has 0 bridgehead atoms. The van der Waals surface area contributed by atoms with Crippen molar-refractivity contribution in [3.63, 3.8) is 0 Å². The smallest absolute Gasteiger partial charge is 0.418 e. The molecular weight excluding hydrogens is 283 g/mol. The second-order valence-corrected chi connectivity index (χ2v) is 5.14. The lowest BCUT2D eigenvalue weighted by Gasteiger charge is -2.25. The number of halogens is 3. The lowest BCUT2D eigenvalue weighted by Crippen LogP contribution is -2.31. The number of benzene rings is 1. The molecule has 0 fully saturated rings. The number of methoxy groups -OCH3 is 1. The van der Waals surface area contributed by atoms with Crippen LogP contribution in [0.25, 0.3) is 0 Å². The van der Waals surface area contributed by atoms with Gasteiger partial charge >= 0.3 is 6.18 Å². The molecule has 0 heterocycles. The van der Waals surface area contributed by atoms with E-state index in [4.69, 9.17) is 4.74 Å². The van der Waals surface area contributed by atoms with Crippen LogP contribution in [0.15, 0.2) is 28.5 Å². The molecule has 4 nitrogen and oxygen atoms in total. The van der Waals surface area contributed by atoms with Crippen LogP contribution in [0, 0.1) is 0 Å². The summed E-state index contributed by atoms with van der Waals surface area (Å²) in [5.74, 6) is 0.130. The van der Waals surface area contributed by atoms with Gasteiger partial charge in [0, 0.05) is 12.1 Å². The number of nitrogens with zero attached hydrogens (tertiary/aromatic N) is 3. The van der Waals surface area contributed by atoms with Crippen molar-refractivity contribution in [1.82, 2.24) is 5.01 Å². The van der Waals surface area contributed by atoms with E-state index in [0.717, 1.165) is 6.07 Å². The van der Waals surface area contributed by atoms with E-state index in [2.05, 4.69) is 10.3 Å². The van der Waals surface area contributed by atoms with E-state index in [-0.39, 0.29) is 23.5 Å². The molecular formula is C14H20F3N3O. The number of alkyl halides is 3. The summed E-state index contributed by atoms with van der Waals surface area (Å²) in [6, 6.07) is 3.69. The second kappa shape index (κ2) is 6.78. The summed E-state index contributed by atoms with van der Waals surface area (Å²) >= 11 is 0. The van der Waals surface area contributed by atoms with Crippen LogP contribution >= 0.6 is 0 Å². The van der Waals surface area contributed by atoms with Crippen molar-refractivity contribution >= 4 is 5.69 Å². The maximum Gasteiger partial charge on any atom is 0.418 e. The molecule has 0 saturated heterocycles. The van der Waals surface area contributed by atoms with Crippen LogP contribution in [-0.4, -0.2) is 24.2 Å². The highest BCUT2D eigenvalue weighted by Crippen LogP contribution is 2.38. The molecule has 0 unspecified atom stereocenters. The molecule has 0 spiro atoms. The summed E-state index contributed by atoms with van der Waals surface area (Å²) in [5, 5.41) is 9.35. The predicted octanol–water partition coefficient (Wildman–Crippen LogP) is 4.83. The van der Waals surface area contributed by atoms with E-state index < -0.39 is 11.7 Å². The van der Waals surface area contributed by atoms with Gasteiger partial charge in [-0.1, -0.05) is 5.22 Å². The summed E-state index contributed by atoms with van der Waals surface area (Å²) in [4.78, 5) is 0. The fourth-order valence-corrected chi connectivity index (χ4v) is 1.86. The quantitative estimate of drug-likeness (QED) is 0.577. The standard InChI is InChI=1S/C14H20F3N3O/c1-9(2)20(10(3)4)19-18-13-7-6-11(21-5)8-12(13)14(15,16)17/h6-10H,1-5H3. The summed E-state index contributed by atoms with van der Waals surface area (Å²) in [5.41, 5.74) is -1.09. The van der Waals surface area contributed by atoms with Crippen molar-refractivity contribution in [2.24, 2.45) is 10.3 Å². The molecule has 118 valence electrons. The summed E-state index contributed by atoms with van der Waals surface area (Å²) < 4.78 is 43.9. The Bertz CT molecular complexity index is 491. The third-order valence-electron chi connectivity index (χ3n) is 2.82. The fraction of sp³-hybridized carbons (Fsp3) is 0.571. The first kappa shape index (κ1) is 17.3. The first-order valence-electron chi connectivity index (χ1n) is 6.62. The van der Waals surface area contributed by atoms with Crippen LogP contribution in [0.3, 0.4) is 0 Å². The third kappa shape index (κ3) is 4.61. The summed E-state index contributed by atoms with van der Waals surface area (Å²) in [7, 11) is 1.32. The number of rotatable bonds is 5. The van der Waals surface area contributed by atoms with Gasteiger partial charge in [-0.3, -0.25) is 5.01 Å². The third-order valence-corrected chi connectivity index (χ3v) is 2.82. The maximum absolute atomic E-state index is 13.0. The Morgan fingerprint density at radius 2 is 1.67 bits per heavy atom. The molecule has 1 rings (SSSR count). The average Bonchev–Trinajstić information content (AvgIpc) is 2.37. The number of hydrogen-bond donors (Lipinski definition) is 0. The van der Waals surface area contributed by atoms with Crippen LogP contribution in [0.2, 0.25) is 0 Å². The van der Waals surface area contributed by atoms with E-state index in [1.807, 2.05) is 27.7 Å². The van der Waals surface area contributed by atoms with Crippen LogP contribution in [0.5, 0.6) is 5.75 Å². The van der Waals surface area contributed by atoms with E-state index >= 15 is 0 Å². The minimum atomic E-state index is -4.51.